The number of methoxy groups -OCH3 is 1. The zero-order valence-electron chi connectivity index (χ0n) is 19.3. The van der Waals surface area contributed by atoms with Crippen LogP contribution in [-0.2, 0) is 11.2 Å². The van der Waals surface area contributed by atoms with E-state index in [9.17, 15) is 14.4 Å². The number of carbonyl (C=O) groups excluding carboxylic acids is 3. The highest BCUT2D eigenvalue weighted by Gasteiger charge is 2.35. The maximum Gasteiger partial charge on any atom is 0.305 e. The van der Waals surface area contributed by atoms with Crippen LogP contribution in [-0.4, -0.2) is 52.8 Å². The second-order valence-corrected chi connectivity index (χ2v) is 8.39. The van der Waals surface area contributed by atoms with Gasteiger partial charge in [-0.05, 0) is 67.8 Å². The minimum Gasteiger partial charge on any atom is -0.497 e. The average molecular weight is 476 g/mol. The number of aromatic nitrogens is 2. The lowest BCUT2D eigenvalue weighted by atomic mass is 10.0. The molecule has 1 fully saturated rings. The predicted molar refractivity (Wildman–Crippen MR) is 127 cm³/mol. The van der Waals surface area contributed by atoms with Crippen molar-refractivity contribution in [2.45, 2.75) is 25.7 Å². The van der Waals surface area contributed by atoms with Gasteiger partial charge < -0.3 is 20.2 Å². The fourth-order valence-electron chi connectivity index (χ4n) is 4.43. The quantitative estimate of drug-likeness (QED) is 0.585. The number of anilines is 1. The second-order valence-electron chi connectivity index (χ2n) is 8.39. The van der Waals surface area contributed by atoms with Gasteiger partial charge in [-0.1, -0.05) is 0 Å². The number of nitrogens with zero attached hydrogens (tertiary/aromatic N) is 4. The second kappa shape index (κ2) is 9.13. The molecule has 0 radical (unpaired) electrons. The van der Waals surface area contributed by atoms with Crippen LogP contribution in [0.15, 0.2) is 48.5 Å². The molecule has 0 bridgehead atoms. The Labute approximate surface area is 201 Å². The van der Waals surface area contributed by atoms with Crippen molar-refractivity contribution in [3.63, 3.8) is 0 Å². The van der Waals surface area contributed by atoms with E-state index < -0.39 is 11.8 Å². The summed E-state index contributed by atoms with van der Waals surface area (Å²) >= 11 is 0. The molecular weight excluding hydrogens is 450 g/mol. The zero-order chi connectivity index (χ0) is 24.5. The summed E-state index contributed by atoms with van der Waals surface area (Å²) in [5, 5.41) is 5.59. The van der Waals surface area contributed by atoms with Gasteiger partial charge in [0, 0.05) is 24.2 Å². The van der Waals surface area contributed by atoms with Gasteiger partial charge in [0.05, 0.1) is 19.3 Å². The van der Waals surface area contributed by atoms with E-state index in [0.717, 1.165) is 18.5 Å². The van der Waals surface area contributed by atoms with Crippen molar-refractivity contribution in [3.05, 3.63) is 65.5 Å². The standard InChI is InChI=1S/C25H25N5O5/c1-34-18-9-7-17(8-10-18)30-23-20(22(27-30)24(26)32)13-15-29(25(23)33)35-19-11-5-16(6-12-19)28-14-3-2-4-21(28)31/h5-12H,2-4,13-15H2,1H3,(H2,26,32). The molecule has 3 amide bonds. The summed E-state index contributed by atoms with van der Waals surface area (Å²) in [6.45, 7) is 0.927. The molecule has 5 rings (SSSR count). The van der Waals surface area contributed by atoms with Gasteiger partial charge in [-0.2, -0.15) is 10.2 Å². The molecule has 2 aliphatic rings. The molecule has 0 atom stereocenters. The van der Waals surface area contributed by atoms with Gasteiger partial charge in [0.15, 0.2) is 11.4 Å². The number of nitrogens with two attached hydrogens (primary N) is 1. The topological polar surface area (TPSA) is 120 Å². The first-order valence-electron chi connectivity index (χ1n) is 11.4. The van der Waals surface area contributed by atoms with Gasteiger partial charge in [0.2, 0.25) is 5.91 Å². The number of hydrogen-bond acceptors (Lipinski definition) is 6. The van der Waals surface area contributed by atoms with Crippen molar-refractivity contribution in [2.75, 3.05) is 25.1 Å². The number of primary amides is 1. The van der Waals surface area contributed by atoms with Crippen LogP contribution in [0.25, 0.3) is 5.69 Å². The molecule has 0 unspecified atom stereocenters. The lowest BCUT2D eigenvalue weighted by Gasteiger charge is -2.28. The van der Waals surface area contributed by atoms with Crippen LogP contribution in [0.3, 0.4) is 0 Å². The number of carbonyl (C=O) groups is 3. The highest BCUT2D eigenvalue weighted by Crippen LogP contribution is 2.28. The van der Waals surface area contributed by atoms with E-state index in [1.165, 1.54) is 9.75 Å². The highest BCUT2D eigenvalue weighted by molar-refractivity contribution is 6.01. The smallest absolute Gasteiger partial charge is 0.305 e. The maximum absolute atomic E-state index is 13.4. The van der Waals surface area contributed by atoms with E-state index in [1.54, 1.807) is 48.4 Å². The SMILES string of the molecule is COc1ccc(-n2nc(C(N)=O)c3c2C(=O)N(Oc2ccc(N4CCCCC4=O)cc2)CC3)cc1. The first-order chi connectivity index (χ1) is 17.0. The third kappa shape index (κ3) is 4.18. The third-order valence-corrected chi connectivity index (χ3v) is 6.22. The molecule has 2 aromatic carbocycles. The summed E-state index contributed by atoms with van der Waals surface area (Å²) in [4.78, 5) is 45.3. The number of hydroxylamine groups is 2. The number of fused-ring (bicyclic) bond motifs is 1. The van der Waals surface area contributed by atoms with Crippen LogP contribution in [0.5, 0.6) is 11.5 Å². The molecule has 2 aliphatic heterocycles. The van der Waals surface area contributed by atoms with E-state index >= 15 is 0 Å². The number of rotatable bonds is 6. The molecule has 10 nitrogen and oxygen atoms in total. The molecule has 10 heteroatoms. The summed E-state index contributed by atoms with van der Waals surface area (Å²) in [5.41, 5.74) is 7.73. The Hall–Kier alpha value is -4.34. The normalized spacial score (nSPS) is 15.7. The first kappa shape index (κ1) is 22.5. The van der Waals surface area contributed by atoms with Crippen LogP contribution < -0.4 is 20.2 Å². The average Bonchev–Trinajstić information content (AvgIpc) is 3.27. The minimum absolute atomic E-state index is 0.0689. The van der Waals surface area contributed by atoms with Gasteiger partial charge in [-0.3, -0.25) is 14.4 Å². The van der Waals surface area contributed by atoms with Gasteiger partial charge >= 0.3 is 5.91 Å². The Kier molecular flexibility index (Phi) is 5.86. The Morgan fingerprint density at radius 3 is 2.26 bits per heavy atom. The van der Waals surface area contributed by atoms with Crippen LogP contribution in [0.4, 0.5) is 5.69 Å². The molecule has 3 aromatic rings. The first-order valence-corrected chi connectivity index (χ1v) is 11.4. The number of amides is 3. The Bertz CT molecular complexity index is 1280. The van der Waals surface area contributed by atoms with Crippen molar-refractivity contribution in [2.24, 2.45) is 5.73 Å². The number of benzene rings is 2. The van der Waals surface area contributed by atoms with Crippen LogP contribution in [0.1, 0.15) is 45.8 Å². The van der Waals surface area contributed by atoms with Gasteiger partial charge in [0.25, 0.3) is 5.91 Å². The summed E-state index contributed by atoms with van der Waals surface area (Å²) in [5.74, 6) is 0.0908. The zero-order valence-corrected chi connectivity index (χ0v) is 19.3. The summed E-state index contributed by atoms with van der Waals surface area (Å²) in [6.07, 6.45) is 2.80. The largest absolute Gasteiger partial charge is 0.497 e. The molecule has 180 valence electrons. The van der Waals surface area contributed by atoms with Crippen molar-refractivity contribution in [1.29, 1.82) is 0 Å². The molecular formula is C25H25N5O5. The van der Waals surface area contributed by atoms with Crippen LogP contribution in [0.2, 0.25) is 0 Å². The van der Waals surface area contributed by atoms with Crippen molar-refractivity contribution in [3.8, 4) is 17.2 Å². The van der Waals surface area contributed by atoms with Crippen molar-refractivity contribution < 1.29 is 24.0 Å². The monoisotopic (exact) mass is 475 g/mol. The van der Waals surface area contributed by atoms with Crippen molar-refractivity contribution >= 4 is 23.4 Å². The summed E-state index contributed by atoms with van der Waals surface area (Å²) < 4.78 is 6.61. The van der Waals surface area contributed by atoms with E-state index in [0.29, 0.717) is 42.1 Å². The number of hydrogen-bond donors (Lipinski definition) is 1. The molecule has 0 spiro atoms. The Morgan fingerprint density at radius 2 is 1.60 bits per heavy atom. The summed E-state index contributed by atoms with van der Waals surface area (Å²) in [7, 11) is 1.56. The van der Waals surface area contributed by atoms with E-state index in [-0.39, 0.29) is 23.8 Å². The number of ether oxygens (including phenoxy) is 1. The van der Waals surface area contributed by atoms with Gasteiger partial charge in [-0.25, -0.2) is 4.68 Å². The fraction of sp³-hybridized carbons (Fsp3) is 0.280. The molecule has 35 heavy (non-hydrogen) atoms. The fourth-order valence-corrected chi connectivity index (χ4v) is 4.43. The Morgan fingerprint density at radius 1 is 0.914 bits per heavy atom. The predicted octanol–water partition coefficient (Wildman–Crippen LogP) is 2.49. The molecule has 1 aromatic heterocycles. The maximum atomic E-state index is 13.4. The van der Waals surface area contributed by atoms with E-state index in [4.69, 9.17) is 15.3 Å². The highest BCUT2D eigenvalue weighted by atomic mass is 16.7. The lowest BCUT2D eigenvalue weighted by molar-refractivity contribution is -0.119. The van der Waals surface area contributed by atoms with Crippen LogP contribution in [0, 0.1) is 0 Å². The molecule has 0 aliphatic carbocycles. The van der Waals surface area contributed by atoms with E-state index in [2.05, 4.69) is 5.10 Å². The van der Waals surface area contributed by atoms with Crippen LogP contribution >= 0.6 is 0 Å². The molecule has 3 heterocycles. The third-order valence-electron chi connectivity index (χ3n) is 6.22. The molecule has 2 N–H and O–H groups in total. The van der Waals surface area contributed by atoms with Gasteiger partial charge in [-0.15, -0.1) is 0 Å². The lowest BCUT2D eigenvalue weighted by Crippen LogP contribution is -2.41. The molecule has 0 saturated carbocycles. The van der Waals surface area contributed by atoms with Crippen molar-refractivity contribution in [1.82, 2.24) is 14.8 Å². The minimum atomic E-state index is -0.696. The Balaban J connectivity index is 1.41. The number of piperidine rings is 1. The van der Waals surface area contributed by atoms with Gasteiger partial charge in [0.1, 0.15) is 11.4 Å². The summed E-state index contributed by atoms with van der Waals surface area (Å²) in [6, 6.07) is 14.0. The van der Waals surface area contributed by atoms with E-state index in [1.807, 2.05) is 12.1 Å². The molecule has 1 saturated heterocycles.